The lowest BCUT2D eigenvalue weighted by Gasteiger charge is -2.40. The van der Waals surface area contributed by atoms with Crippen LogP contribution >= 0.6 is 0 Å². The molecule has 18 heavy (non-hydrogen) atoms. The summed E-state index contributed by atoms with van der Waals surface area (Å²) in [6, 6.07) is 0. The van der Waals surface area contributed by atoms with Crippen LogP contribution in [0.2, 0.25) is 0 Å². The highest BCUT2D eigenvalue weighted by atomic mass is 16.5. The Morgan fingerprint density at radius 3 is 2.89 bits per heavy atom. The number of allylic oxidation sites excluding steroid dienone is 3. The predicted molar refractivity (Wildman–Crippen MR) is 75.4 cm³/mol. The predicted octanol–water partition coefficient (Wildman–Crippen LogP) is 3.70. The van der Waals surface area contributed by atoms with Gasteiger partial charge in [-0.25, -0.2) is 0 Å². The molecule has 0 radical (unpaired) electrons. The van der Waals surface area contributed by atoms with E-state index in [1.165, 1.54) is 5.57 Å². The minimum Gasteiger partial charge on any atom is -0.381 e. The van der Waals surface area contributed by atoms with Crippen molar-refractivity contribution in [1.82, 2.24) is 0 Å². The van der Waals surface area contributed by atoms with E-state index < -0.39 is 0 Å². The topological polar surface area (TPSA) is 26.3 Å². The molecule has 2 heteroatoms. The molecule has 0 amide bonds. The van der Waals surface area contributed by atoms with E-state index in [4.69, 9.17) is 4.74 Å². The first kappa shape index (κ1) is 14.9. The second kappa shape index (κ2) is 6.14. The van der Waals surface area contributed by atoms with Gasteiger partial charge in [-0.05, 0) is 37.2 Å². The lowest BCUT2D eigenvalue weighted by molar-refractivity contribution is -0.105. The van der Waals surface area contributed by atoms with Gasteiger partial charge in [0.15, 0.2) is 0 Å². The van der Waals surface area contributed by atoms with Crippen LogP contribution in [0.3, 0.4) is 0 Å². The van der Waals surface area contributed by atoms with Crippen LogP contribution in [0.4, 0.5) is 0 Å². The van der Waals surface area contributed by atoms with Gasteiger partial charge in [-0.15, -0.1) is 6.58 Å². The number of hydrogen-bond acceptors (Lipinski definition) is 2. The average molecular weight is 248 g/mol. The van der Waals surface area contributed by atoms with Crippen molar-refractivity contribution >= 4 is 6.29 Å². The number of rotatable bonds is 6. The van der Waals surface area contributed by atoms with E-state index in [2.05, 4.69) is 26.2 Å². The zero-order valence-corrected chi connectivity index (χ0v) is 11.7. The lowest BCUT2D eigenvalue weighted by Crippen LogP contribution is -2.32. The molecule has 0 aromatic carbocycles. The summed E-state index contributed by atoms with van der Waals surface area (Å²) in [7, 11) is 1.71. The zero-order valence-electron chi connectivity index (χ0n) is 11.7. The summed E-state index contributed by atoms with van der Waals surface area (Å²) >= 11 is 0. The van der Waals surface area contributed by atoms with E-state index >= 15 is 0 Å². The quantitative estimate of drug-likeness (QED) is 0.407. The number of ether oxygens (including phenoxy) is 1. The Kier molecular flexibility index (Phi) is 5.09. The van der Waals surface area contributed by atoms with E-state index in [1.807, 2.05) is 13.0 Å². The van der Waals surface area contributed by atoms with Gasteiger partial charge in [0.1, 0.15) is 6.29 Å². The first-order valence-corrected chi connectivity index (χ1v) is 6.47. The van der Waals surface area contributed by atoms with Crippen LogP contribution in [0.1, 0.15) is 33.1 Å². The molecule has 2 nitrogen and oxygen atoms in total. The highest BCUT2D eigenvalue weighted by Crippen LogP contribution is 2.46. The second-order valence-electron chi connectivity index (χ2n) is 5.40. The summed E-state index contributed by atoms with van der Waals surface area (Å²) in [4.78, 5) is 11.1. The van der Waals surface area contributed by atoms with Crippen molar-refractivity contribution in [2.24, 2.45) is 11.3 Å². The molecule has 3 atom stereocenters. The van der Waals surface area contributed by atoms with Gasteiger partial charge in [0.2, 0.25) is 0 Å². The Hall–Kier alpha value is -1.15. The first-order valence-electron chi connectivity index (χ1n) is 6.47. The molecule has 0 heterocycles. The summed E-state index contributed by atoms with van der Waals surface area (Å²) in [5.41, 5.74) is 1.83. The fourth-order valence-electron chi connectivity index (χ4n) is 2.82. The Bertz CT molecular complexity index is 367. The van der Waals surface area contributed by atoms with Crippen LogP contribution in [0, 0.1) is 11.3 Å². The molecule has 1 unspecified atom stereocenters. The fourth-order valence-corrected chi connectivity index (χ4v) is 2.82. The van der Waals surface area contributed by atoms with Crippen LogP contribution in [0.5, 0.6) is 0 Å². The van der Waals surface area contributed by atoms with E-state index in [0.29, 0.717) is 5.57 Å². The monoisotopic (exact) mass is 248 g/mol. The summed E-state index contributed by atoms with van der Waals surface area (Å²) in [6.45, 7) is 12.1. The van der Waals surface area contributed by atoms with E-state index in [9.17, 15) is 4.79 Å². The van der Waals surface area contributed by atoms with Crippen LogP contribution in [-0.4, -0.2) is 19.5 Å². The molecule has 0 aliphatic heterocycles. The molecule has 0 aromatic rings. The van der Waals surface area contributed by atoms with Crippen molar-refractivity contribution in [3.63, 3.8) is 0 Å². The fraction of sp³-hybridized carbons (Fsp3) is 0.562. The molecule has 0 aromatic heterocycles. The van der Waals surface area contributed by atoms with Crippen LogP contribution < -0.4 is 0 Å². The molecule has 0 saturated heterocycles. The van der Waals surface area contributed by atoms with Gasteiger partial charge in [0.05, 0.1) is 6.10 Å². The second-order valence-corrected chi connectivity index (χ2v) is 5.40. The normalized spacial score (nSPS) is 29.3. The van der Waals surface area contributed by atoms with Gasteiger partial charge < -0.3 is 4.74 Å². The molecular weight excluding hydrogens is 224 g/mol. The summed E-state index contributed by atoms with van der Waals surface area (Å²) in [5, 5.41) is 0. The minimum absolute atomic E-state index is 0.0684. The Morgan fingerprint density at radius 2 is 2.39 bits per heavy atom. The van der Waals surface area contributed by atoms with Crippen molar-refractivity contribution in [2.75, 3.05) is 7.11 Å². The lowest BCUT2D eigenvalue weighted by atomic mass is 9.64. The molecule has 0 bridgehead atoms. The Morgan fingerprint density at radius 1 is 1.72 bits per heavy atom. The molecule has 1 aliphatic carbocycles. The van der Waals surface area contributed by atoms with E-state index in [-0.39, 0.29) is 17.4 Å². The van der Waals surface area contributed by atoms with Gasteiger partial charge in [0.25, 0.3) is 0 Å². The summed E-state index contributed by atoms with van der Waals surface area (Å²) in [6.07, 6.45) is 8.12. The molecule has 0 spiro atoms. The maximum Gasteiger partial charge on any atom is 0.146 e. The average Bonchev–Trinajstić information content (AvgIpc) is 2.38. The molecular formula is C16H24O2. The van der Waals surface area contributed by atoms with Crippen LogP contribution in [0.25, 0.3) is 0 Å². The minimum atomic E-state index is -0.0739. The van der Waals surface area contributed by atoms with Crippen LogP contribution in [-0.2, 0) is 9.53 Å². The Balaban J connectivity index is 3.06. The third-order valence-corrected chi connectivity index (χ3v) is 4.03. The highest BCUT2D eigenvalue weighted by Gasteiger charge is 2.37. The van der Waals surface area contributed by atoms with Crippen molar-refractivity contribution in [2.45, 2.75) is 39.2 Å². The van der Waals surface area contributed by atoms with Crippen LogP contribution in [0.15, 0.2) is 36.5 Å². The molecule has 0 N–H and O–H groups in total. The summed E-state index contributed by atoms with van der Waals surface area (Å²) < 4.78 is 5.33. The van der Waals surface area contributed by atoms with E-state index in [0.717, 1.165) is 25.5 Å². The third kappa shape index (κ3) is 2.99. The van der Waals surface area contributed by atoms with Crippen molar-refractivity contribution in [3.05, 3.63) is 36.5 Å². The number of aldehydes is 1. The Labute approximate surface area is 110 Å². The standard InChI is InChI=1S/C16H24O2/c1-6-16(4)9-7-8-14(10-13(3)18-5)15(16)12(2)11-17/h6,8,11,13,15H,1-2,7,9-10H2,3-5H3/t13?,15-,16+/m0/s1. The number of carbonyl (C=O) groups excluding carboxylic acids is 1. The zero-order chi connectivity index (χ0) is 13.8. The molecule has 1 rings (SSSR count). The first-order chi connectivity index (χ1) is 8.48. The smallest absolute Gasteiger partial charge is 0.146 e. The van der Waals surface area contributed by atoms with Gasteiger partial charge in [-0.3, -0.25) is 4.79 Å². The molecule has 0 fully saturated rings. The highest BCUT2D eigenvalue weighted by molar-refractivity contribution is 5.74. The van der Waals surface area contributed by atoms with Gasteiger partial charge in [0, 0.05) is 13.0 Å². The van der Waals surface area contributed by atoms with Crippen molar-refractivity contribution in [1.29, 1.82) is 0 Å². The molecule has 100 valence electrons. The van der Waals surface area contributed by atoms with E-state index in [1.54, 1.807) is 7.11 Å². The summed E-state index contributed by atoms with van der Waals surface area (Å²) in [5.74, 6) is 0.0684. The van der Waals surface area contributed by atoms with Gasteiger partial charge >= 0.3 is 0 Å². The number of hydrogen-bond donors (Lipinski definition) is 0. The molecule has 1 aliphatic rings. The maximum absolute atomic E-state index is 11.1. The SMILES string of the molecule is C=C[C@]1(C)CCC=C(CC(C)OC)[C@@H]1C(=C)C=O. The van der Waals surface area contributed by atoms with Crippen molar-refractivity contribution in [3.8, 4) is 0 Å². The maximum atomic E-state index is 11.1. The van der Waals surface area contributed by atoms with Gasteiger partial charge in [-0.1, -0.05) is 31.2 Å². The number of carbonyl (C=O) groups is 1. The number of methoxy groups -OCH3 is 1. The van der Waals surface area contributed by atoms with Crippen molar-refractivity contribution < 1.29 is 9.53 Å². The van der Waals surface area contributed by atoms with Gasteiger partial charge in [-0.2, -0.15) is 0 Å². The largest absolute Gasteiger partial charge is 0.381 e. The molecule has 0 saturated carbocycles. The third-order valence-electron chi connectivity index (χ3n) is 4.03.